The van der Waals surface area contributed by atoms with Crippen LogP contribution in [-0.4, -0.2) is 26.7 Å². The van der Waals surface area contributed by atoms with E-state index in [4.69, 9.17) is 0 Å². The molecule has 0 radical (unpaired) electrons. The van der Waals surface area contributed by atoms with Gasteiger partial charge in [-0.3, -0.25) is 0 Å². The molecule has 0 aromatic heterocycles. The number of rotatable bonds is 4. The Morgan fingerprint density at radius 3 is 2.53 bits per heavy atom. The van der Waals surface area contributed by atoms with Gasteiger partial charge in [-0.15, -0.1) is 0 Å². The van der Waals surface area contributed by atoms with Gasteiger partial charge >= 0.3 is 0 Å². The monoisotopic (exact) mass is 258 g/mol. The molecule has 0 bridgehead atoms. The van der Waals surface area contributed by atoms with Gasteiger partial charge in [0.05, 0.1) is 0 Å². The van der Waals surface area contributed by atoms with Crippen LogP contribution in [0.5, 0.6) is 0 Å². The topological polar surface area (TPSA) is 15.3 Å². The van der Waals surface area contributed by atoms with E-state index in [1.165, 1.54) is 50.1 Å². The first-order chi connectivity index (χ1) is 9.23. The van der Waals surface area contributed by atoms with Crippen LogP contribution in [-0.2, 0) is 6.42 Å². The molecule has 19 heavy (non-hydrogen) atoms. The highest BCUT2D eigenvalue weighted by Gasteiger charge is 2.53. The Morgan fingerprint density at radius 2 is 1.89 bits per heavy atom. The Morgan fingerprint density at radius 1 is 1.21 bits per heavy atom. The average molecular weight is 258 g/mol. The van der Waals surface area contributed by atoms with Gasteiger partial charge in [0.2, 0.25) is 0 Å². The van der Waals surface area contributed by atoms with Crippen molar-refractivity contribution < 1.29 is 0 Å². The summed E-state index contributed by atoms with van der Waals surface area (Å²) in [7, 11) is 2.24. The number of aryl methyl sites for hydroxylation is 1. The lowest BCUT2D eigenvalue weighted by Crippen LogP contribution is -2.31. The molecule has 0 amide bonds. The molecule has 1 saturated heterocycles. The summed E-state index contributed by atoms with van der Waals surface area (Å²) in [6.45, 7) is 5.89. The first kappa shape index (κ1) is 13.0. The first-order valence-electron chi connectivity index (χ1n) is 7.74. The normalized spacial score (nSPS) is 24.4. The molecule has 2 nitrogen and oxygen atoms in total. The van der Waals surface area contributed by atoms with E-state index in [-0.39, 0.29) is 0 Å². The van der Waals surface area contributed by atoms with Crippen LogP contribution in [0.15, 0.2) is 24.3 Å². The number of hydrogen-bond acceptors (Lipinski definition) is 2. The van der Waals surface area contributed by atoms with Gasteiger partial charge < -0.3 is 10.2 Å². The molecular weight excluding hydrogens is 232 g/mol. The Labute approximate surface area is 117 Å². The van der Waals surface area contributed by atoms with Crippen LogP contribution in [0.3, 0.4) is 0 Å². The first-order valence-corrected chi connectivity index (χ1v) is 7.74. The molecule has 3 rings (SSSR count). The molecule has 1 heterocycles. The number of hydrogen-bond donors (Lipinski definition) is 1. The molecule has 1 aliphatic heterocycles. The third-order valence-electron chi connectivity index (χ3n) is 5.24. The summed E-state index contributed by atoms with van der Waals surface area (Å²) in [6, 6.07) is 9.07. The average Bonchev–Trinajstić information content (AvgIpc) is 3.11. The van der Waals surface area contributed by atoms with Gasteiger partial charge in [0, 0.05) is 19.3 Å². The summed E-state index contributed by atoms with van der Waals surface area (Å²) in [4.78, 5) is 2.45. The highest BCUT2D eigenvalue weighted by molar-refractivity contribution is 5.47. The Kier molecular flexibility index (Phi) is 3.53. The molecule has 1 unspecified atom stereocenters. The maximum atomic E-state index is 3.48. The van der Waals surface area contributed by atoms with E-state index in [1.54, 1.807) is 0 Å². The van der Waals surface area contributed by atoms with E-state index >= 15 is 0 Å². The number of piperidine rings is 1. The zero-order valence-electron chi connectivity index (χ0n) is 12.3. The van der Waals surface area contributed by atoms with Gasteiger partial charge in [0.15, 0.2) is 0 Å². The van der Waals surface area contributed by atoms with Crippen LogP contribution in [0, 0.1) is 11.3 Å². The highest BCUT2D eigenvalue weighted by Crippen LogP contribution is 2.58. The molecule has 1 atom stereocenters. The maximum Gasteiger partial charge on any atom is 0.0363 e. The SMILES string of the molecule is CCc1ccc(N(C)CC2CC23CCNCC3)cc1. The second-order valence-electron chi connectivity index (χ2n) is 6.41. The summed E-state index contributed by atoms with van der Waals surface area (Å²) in [5.74, 6) is 0.922. The third kappa shape index (κ3) is 2.64. The van der Waals surface area contributed by atoms with Crippen LogP contribution in [0.25, 0.3) is 0 Å². The van der Waals surface area contributed by atoms with Crippen LogP contribution < -0.4 is 10.2 Å². The molecule has 1 aromatic carbocycles. The molecule has 2 fully saturated rings. The van der Waals surface area contributed by atoms with Crippen molar-refractivity contribution in [2.24, 2.45) is 11.3 Å². The van der Waals surface area contributed by atoms with Gasteiger partial charge in [0.25, 0.3) is 0 Å². The van der Waals surface area contributed by atoms with E-state index in [1.807, 2.05) is 0 Å². The van der Waals surface area contributed by atoms with Crippen LogP contribution >= 0.6 is 0 Å². The third-order valence-corrected chi connectivity index (χ3v) is 5.24. The minimum Gasteiger partial charge on any atom is -0.374 e. The van der Waals surface area contributed by atoms with E-state index in [9.17, 15) is 0 Å². The van der Waals surface area contributed by atoms with Crippen molar-refractivity contribution in [3.05, 3.63) is 29.8 Å². The molecule has 1 aliphatic carbocycles. The standard InChI is InChI=1S/C17H26N2/c1-3-14-4-6-16(7-5-14)19(2)13-15-12-17(15)8-10-18-11-9-17/h4-7,15,18H,3,8-13H2,1-2H3. The van der Waals surface area contributed by atoms with Crippen LogP contribution in [0.1, 0.15) is 31.7 Å². The van der Waals surface area contributed by atoms with Crippen molar-refractivity contribution in [1.82, 2.24) is 5.32 Å². The minimum atomic E-state index is 0.697. The van der Waals surface area contributed by atoms with Gasteiger partial charge in [-0.25, -0.2) is 0 Å². The number of nitrogens with one attached hydrogen (secondary N) is 1. The summed E-state index contributed by atoms with van der Waals surface area (Å²) in [5.41, 5.74) is 3.50. The second-order valence-corrected chi connectivity index (χ2v) is 6.41. The van der Waals surface area contributed by atoms with Crippen molar-refractivity contribution >= 4 is 5.69 Å². The van der Waals surface area contributed by atoms with E-state index < -0.39 is 0 Å². The van der Waals surface area contributed by atoms with Crippen molar-refractivity contribution in [1.29, 1.82) is 0 Å². The fourth-order valence-electron chi connectivity index (χ4n) is 3.65. The van der Waals surface area contributed by atoms with E-state index in [0.29, 0.717) is 5.41 Å². The minimum absolute atomic E-state index is 0.697. The number of benzene rings is 1. The molecular formula is C17H26N2. The van der Waals surface area contributed by atoms with Crippen molar-refractivity contribution in [3.8, 4) is 0 Å². The maximum absolute atomic E-state index is 3.48. The largest absolute Gasteiger partial charge is 0.374 e. The van der Waals surface area contributed by atoms with Gasteiger partial charge in [-0.2, -0.15) is 0 Å². The Bertz CT molecular complexity index is 417. The number of nitrogens with zero attached hydrogens (tertiary/aromatic N) is 1. The lowest BCUT2D eigenvalue weighted by atomic mass is 9.92. The Hall–Kier alpha value is -1.02. The number of anilines is 1. The second kappa shape index (κ2) is 5.16. The fraction of sp³-hybridized carbons (Fsp3) is 0.647. The summed E-state index contributed by atoms with van der Waals surface area (Å²) < 4.78 is 0. The quantitative estimate of drug-likeness (QED) is 0.893. The van der Waals surface area contributed by atoms with Crippen molar-refractivity contribution in [2.45, 2.75) is 32.6 Å². The summed E-state index contributed by atoms with van der Waals surface area (Å²) in [6.07, 6.45) is 5.36. The molecule has 2 heteroatoms. The summed E-state index contributed by atoms with van der Waals surface area (Å²) >= 11 is 0. The van der Waals surface area contributed by atoms with Crippen molar-refractivity contribution in [2.75, 3.05) is 31.6 Å². The predicted octanol–water partition coefficient (Wildman–Crippen LogP) is 3.07. The predicted molar refractivity (Wildman–Crippen MR) is 81.7 cm³/mol. The molecule has 1 aromatic rings. The molecule has 104 valence electrons. The van der Waals surface area contributed by atoms with Gasteiger partial charge in [-0.1, -0.05) is 19.1 Å². The van der Waals surface area contributed by atoms with Gasteiger partial charge in [0.1, 0.15) is 0 Å². The molecule has 2 aliphatic rings. The fourth-order valence-corrected chi connectivity index (χ4v) is 3.65. The molecule has 1 saturated carbocycles. The van der Waals surface area contributed by atoms with Crippen LogP contribution in [0.4, 0.5) is 5.69 Å². The molecule has 1 N–H and O–H groups in total. The lowest BCUT2D eigenvalue weighted by Gasteiger charge is -2.26. The van der Waals surface area contributed by atoms with E-state index in [2.05, 4.69) is 48.5 Å². The van der Waals surface area contributed by atoms with Crippen LogP contribution in [0.2, 0.25) is 0 Å². The molecule has 1 spiro atoms. The van der Waals surface area contributed by atoms with E-state index in [0.717, 1.165) is 12.3 Å². The highest BCUT2D eigenvalue weighted by atomic mass is 15.1. The lowest BCUT2D eigenvalue weighted by molar-refractivity contribution is 0.324. The van der Waals surface area contributed by atoms with Gasteiger partial charge in [-0.05, 0) is 67.8 Å². The zero-order valence-corrected chi connectivity index (χ0v) is 12.3. The smallest absolute Gasteiger partial charge is 0.0363 e. The summed E-state index contributed by atoms with van der Waals surface area (Å²) in [5, 5.41) is 3.48. The zero-order chi connectivity index (χ0) is 13.3. The Balaban J connectivity index is 1.58. The van der Waals surface area contributed by atoms with Crippen molar-refractivity contribution in [3.63, 3.8) is 0 Å².